The lowest BCUT2D eigenvalue weighted by molar-refractivity contribution is -0.128. The molecule has 6 nitrogen and oxygen atoms in total. The number of hydrogen-bond donors (Lipinski definition) is 1. The zero-order valence-corrected chi connectivity index (χ0v) is 16.3. The van der Waals surface area contributed by atoms with E-state index < -0.39 is 0 Å². The molecule has 1 saturated heterocycles. The minimum Gasteiger partial charge on any atom is -0.440 e. The number of benzene rings is 1. The van der Waals surface area contributed by atoms with Gasteiger partial charge in [-0.3, -0.25) is 9.59 Å². The van der Waals surface area contributed by atoms with Gasteiger partial charge >= 0.3 is 0 Å². The molecule has 2 aromatic rings. The molecule has 2 atom stereocenters. The Bertz CT molecular complexity index is 1040. The molecular weight excluding hydrogens is 378 g/mol. The summed E-state index contributed by atoms with van der Waals surface area (Å²) in [6.45, 7) is 0.486. The number of likely N-dealkylation sites (tertiary alicyclic amines) is 1. The normalized spacial score (nSPS) is 31.1. The second-order valence-electron chi connectivity index (χ2n) is 8.26. The molecule has 144 valence electrons. The van der Waals surface area contributed by atoms with E-state index in [1.165, 1.54) is 0 Å². The lowest BCUT2D eigenvalue weighted by Gasteiger charge is -2.41. The van der Waals surface area contributed by atoms with Crippen molar-refractivity contribution >= 4 is 34.5 Å². The SMILES string of the molecule is CN1C[C@H](C(=O)N[C@H]2C#C[C@]3(C2)C[C@@H](c2nc4cc(Cl)ccc4o2)C3)CC1=O. The first-order chi connectivity index (χ1) is 13.4. The number of halogens is 1. The van der Waals surface area contributed by atoms with E-state index in [-0.39, 0.29) is 41.5 Å². The van der Waals surface area contributed by atoms with Gasteiger partial charge in [-0.25, -0.2) is 4.98 Å². The monoisotopic (exact) mass is 397 g/mol. The number of hydrogen-bond acceptors (Lipinski definition) is 4. The number of nitrogens with one attached hydrogen (secondary N) is 1. The van der Waals surface area contributed by atoms with Crippen molar-refractivity contribution in [2.24, 2.45) is 11.3 Å². The number of rotatable bonds is 3. The first kappa shape index (κ1) is 17.6. The number of oxazole rings is 1. The highest BCUT2D eigenvalue weighted by Crippen LogP contribution is 2.55. The molecule has 7 heteroatoms. The number of aromatic nitrogens is 1. The fraction of sp³-hybridized carbons (Fsp3) is 0.476. The Hall–Kier alpha value is -2.52. The van der Waals surface area contributed by atoms with Gasteiger partial charge in [-0.1, -0.05) is 23.4 Å². The van der Waals surface area contributed by atoms with E-state index in [4.69, 9.17) is 16.0 Å². The summed E-state index contributed by atoms with van der Waals surface area (Å²) in [7, 11) is 1.73. The van der Waals surface area contributed by atoms with E-state index in [1.54, 1.807) is 18.0 Å². The third-order valence-corrected chi connectivity index (χ3v) is 6.36. The highest BCUT2D eigenvalue weighted by atomic mass is 35.5. The maximum atomic E-state index is 12.4. The predicted molar refractivity (Wildman–Crippen MR) is 103 cm³/mol. The molecule has 2 heterocycles. The highest BCUT2D eigenvalue weighted by Gasteiger charge is 2.49. The van der Waals surface area contributed by atoms with Crippen LogP contribution in [0.1, 0.15) is 37.5 Å². The van der Waals surface area contributed by atoms with Crippen molar-refractivity contribution in [3.8, 4) is 11.8 Å². The quantitative estimate of drug-likeness (QED) is 0.808. The predicted octanol–water partition coefficient (Wildman–Crippen LogP) is 2.72. The van der Waals surface area contributed by atoms with E-state index in [0.717, 1.165) is 36.3 Å². The standard InChI is InChI=1S/C21H20ClN3O3/c1-25-11-12(6-18(25)26)19(27)23-15-4-5-21(10-15)8-13(9-21)20-24-16-7-14(22)2-3-17(16)28-20/h2-3,7,12-13,15H,6,8-11H2,1H3,(H,23,27)/t12-,13-,15+,21+/m1/s1. The maximum Gasteiger partial charge on any atom is 0.226 e. The first-order valence-corrected chi connectivity index (χ1v) is 9.92. The number of carbonyl (C=O) groups is 2. The summed E-state index contributed by atoms with van der Waals surface area (Å²) in [6, 6.07) is 5.31. The molecule has 3 aliphatic rings. The van der Waals surface area contributed by atoms with E-state index in [2.05, 4.69) is 22.1 Å². The molecule has 1 saturated carbocycles. The van der Waals surface area contributed by atoms with Crippen LogP contribution in [0, 0.1) is 23.2 Å². The molecule has 0 radical (unpaired) electrons. The summed E-state index contributed by atoms with van der Waals surface area (Å²) in [4.78, 5) is 30.2. The van der Waals surface area contributed by atoms with Crippen LogP contribution in [0.15, 0.2) is 22.6 Å². The van der Waals surface area contributed by atoms with Gasteiger partial charge in [-0.2, -0.15) is 0 Å². The van der Waals surface area contributed by atoms with E-state index in [1.807, 2.05) is 12.1 Å². The first-order valence-electron chi connectivity index (χ1n) is 9.54. The van der Waals surface area contributed by atoms with Crippen molar-refractivity contribution < 1.29 is 14.0 Å². The topological polar surface area (TPSA) is 75.4 Å². The van der Waals surface area contributed by atoms with Crippen LogP contribution in [0.25, 0.3) is 11.1 Å². The van der Waals surface area contributed by atoms with Gasteiger partial charge in [0.05, 0.1) is 12.0 Å². The number of fused-ring (bicyclic) bond motifs is 1. The minimum atomic E-state index is -0.267. The molecular formula is C21H20ClN3O3. The largest absolute Gasteiger partial charge is 0.440 e. The van der Waals surface area contributed by atoms with Crippen LogP contribution >= 0.6 is 11.6 Å². The van der Waals surface area contributed by atoms with Gasteiger partial charge in [0.15, 0.2) is 11.5 Å². The van der Waals surface area contributed by atoms with Crippen LogP contribution in [0.3, 0.4) is 0 Å². The number of nitrogens with zero attached hydrogens (tertiary/aromatic N) is 2. The van der Waals surface area contributed by atoms with Crippen LogP contribution < -0.4 is 5.32 Å². The van der Waals surface area contributed by atoms with Crippen molar-refractivity contribution in [3.05, 3.63) is 29.1 Å². The fourth-order valence-electron chi connectivity index (χ4n) is 4.57. The summed E-state index contributed by atoms with van der Waals surface area (Å²) < 4.78 is 5.88. The van der Waals surface area contributed by atoms with Gasteiger partial charge in [0.25, 0.3) is 0 Å². The number of carbonyl (C=O) groups excluding carboxylic acids is 2. The number of amides is 2. The second-order valence-corrected chi connectivity index (χ2v) is 8.70. The molecule has 1 spiro atoms. The average molecular weight is 398 g/mol. The van der Waals surface area contributed by atoms with Crippen molar-refractivity contribution in [2.45, 2.75) is 37.6 Å². The molecule has 5 rings (SSSR count). The fourth-order valence-corrected chi connectivity index (χ4v) is 4.74. The molecule has 1 aromatic heterocycles. The lowest BCUT2D eigenvalue weighted by atomic mass is 9.61. The van der Waals surface area contributed by atoms with Gasteiger partial charge in [0.2, 0.25) is 11.8 Å². The Kier molecular flexibility index (Phi) is 3.92. The molecule has 0 bridgehead atoms. The van der Waals surface area contributed by atoms with E-state index >= 15 is 0 Å². The van der Waals surface area contributed by atoms with Crippen molar-refractivity contribution in [1.82, 2.24) is 15.2 Å². The van der Waals surface area contributed by atoms with Crippen LogP contribution in [-0.4, -0.2) is 41.3 Å². The molecule has 1 N–H and O–H groups in total. The molecule has 2 fully saturated rings. The Morgan fingerprint density at radius 1 is 1.39 bits per heavy atom. The maximum absolute atomic E-state index is 12.4. The third-order valence-electron chi connectivity index (χ3n) is 6.12. The Labute approximate surface area is 167 Å². The summed E-state index contributed by atoms with van der Waals surface area (Å²) in [5, 5.41) is 3.67. The molecule has 2 amide bonds. The van der Waals surface area contributed by atoms with Crippen LogP contribution in [0.2, 0.25) is 5.02 Å². The van der Waals surface area contributed by atoms with Gasteiger partial charge in [0, 0.05) is 36.4 Å². The molecule has 1 aromatic carbocycles. The second kappa shape index (κ2) is 6.25. The molecule has 2 aliphatic carbocycles. The van der Waals surface area contributed by atoms with Crippen molar-refractivity contribution in [1.29, 1.82) is 0 Å². The van der Waals surface area contributed by atoms with Gasteiger partial charge in [-0.05, 0) is 37.5 Å². The Balaban J connectivity index is 1.19. The minimum absolute atomic E-state index is 0.0237. The molecule has 28 heavy (non-hydrogen) atoms. The Morgan fingerprint density at radius 3 is 2.96 bits per heavy atom. The average Bonchev–Trinajstić information content (AvgIpc) is 3.31. The lowest BCUT2D eigenvalue weighted by Crippen LogP contribution is -2.42. The summed E-state index contributed by atoms with van der Waals surface area (Å²) in [5.74, 6) is 7.20. The van der Waals surface area contributed by atoms with Crippen molar-refractivity contribution in [3.63, 3.8) is 0 Å². The molecule has 0 unspecified atom stereocenters. The van der Waals surface area contributed by atoms with Crippen LogP contribution in [-0.2, 0) is 9.59 Å². The summed E-state index contributed by atoms with van der Waals surface area (Å²) in [5.41, 5.74) is 1.46. The highest BCUT2D eigenvalue weighted by molar-refractivity contribution is 6.31. The molecule has 1 aliphatic heterocycles. The zero-order chi connectivity index (χ0) is 19.5. The van der Waals surface area contributed by atoms with Crippen molar-refractivity contribution in [2.75, 3.05) is 13.6 Å². The third kappa shape index (κ3) is 2.94. The Morgan fingerprint density at radius 2 is 2.21 bits per heavy atom. The van der Waals surface area contributed by atoms with Crippen LogP contribution in [0.4, 0.5) is 0 Å². The smallest absolute Gasteiger partial charge is 0.226 e. The zero-order valence-electron chi connectivity index (χ0n) is 15.5. The van der Waals surface area contributed by atoms with Crippen LogP contribution in [0.5, 0.6) is 0 Å². The van der Waals surface area contributed by atoms with Gasteiger partial charge in [-0.15, -0.1) is 0 Å². The van der Waals surface area contributed by atoms with Gasteiger partial charge < -0.3 is 14.6 Å². The summed E-state index contributed by atoms with van der Waals surface area (Å²) in [6.07, 6.45) is 2.85. The van der Waals surface area contributed by atoms with E-state index in [9.17, 15) is 9.59 Å². The van der Waals surface area contributed by atoms with E-state index in [0.29, 0.717) is 11.6 Å². The summed E-state index contributed by atoms with van der Waals surface area (Å²) >= 11 is 6.02. The van der Waals surface area contributed by atoms with Gasteiger partial charge in [0.1, 0.15) is 5.52 Å².